The number of anilines is 1. The fourth-order valence-corrected chi connectivity index (χ4v) is 6.98. The molecule has 3 aliphatic rings. The lowest BCUT2D eigenvalue weighted by molar-refractivity contribution is 0.0135. The van der Waals surface area contributed by atoms with Crippen LogP contribution in [0.25, 0.3) is 0 Å². The topological polar surface area (TPSA) is 81.9 Å². The van der Waals surface area contributed by atoms with Crippen molar-refractivity contribution in [1.29, 1.82) is 0 Å². The van der Waals surface area contributed by atoms with E-state index in [1.807, 2.05) is 12.1 Å². The zero-order valence-electron chi connectivity index (χ0n) is 20.1. The lowest BCUT2D eigenvalue weighted by atomic mass is 9.68. The third-order valence-electron chi connectivity index (χ3n) is 8.19. The van der Waals surface area contributed by atoms with Gasteiger partial charge in [-0.05, 0) is 85.4 Å². The first-order valence-electron chi connectivity index (χ1n) is 12.2. The molecular formula is C27H33ClN2O4S. The van der Waals surface area contributed by atoms with Crippen molar-refractivity contribution in [2.75, 3.05) is 31.7 Å². The molecule has 0 amide bonds. The molecule has 6 nitrogen and oxygen atoms in total. The lowest BCUT2D eigenvalue weighted by Gasteiger charge is -2.46. The van der Waals surface area contributed by atoms with Gasteiger partial charge in [0.25, 0.3) is 0 Å². The summed E-state index contributed by atoms with van der Waals surface area (Å²) in [5, 5.41) is 6.25. The van der Waals surface area contributed by atoms with Crippen LogP contribution in [0.15, 0.2) is 53.9 Å². The summed E-state index contributed by atoms with van der Waals surface area (Å²) in [6, 6.07) is 11.1. The van der Waals surface area contributed by atoms with Gasteiger partial charge in [0.2, 0.25) is 10.0 Å². The van der Waals surface area contributed by atoms with Gasteiger partial charge in [0, 0.05) is 30.6 Å². The number of benzene rings is 2. The molecule has 188 valence electrons. The number of rotatable bonds is 6. The van der Waals surface area contributed by atoms with Crippen molar-refractivity contribution >= 4 is 27.3 Å². The molecule has 0 saturated heterocycles. The molecule has 1 saturated carbocycles. The lowest BCUT2D eigenvalue weighted by Crippen LogP contribution is -2.49. The molecule has 4 atom stereocenters. The Balaban J connectivity index is 1.56. The average Bonchev–Trinajstić information content (AvgIpc) is 2.96. The van der Waals surface area contributed by atoms with Crippen LogP contribution in [0.5, 0.6) is 5.75 Å². The van der Waals surface area contributed by atoms with Gasteiger partial charge in [-0.2, -0.15) is 0 Å². The SMILES string of the molecule is C=CC(OC)[C@@H]1CC[C@H]1CN1C[C@]2(CCCc3cc(Cl)ccc32)COc2ccc(S(N)(=O)=O)cc21. The molecule has 8 heteroatoms. The van der Waals surface area contributed by atoms with E-state index in [1.165, 1.54) is 17.2 Å². The predicted octanol–water partition coefficient (Wildman–Crippen LogP) is 4.69. The second-order valence-electron chi connectivity index (χ2n) is 10.2. The minimum Gasteiger partial charge on any atom is -0.490 e. The number of fused-ring (bicyclic) bond motifs is 3. The van der Waals surface area contributed by atoms with Gasteiger partial charge in [-0.25, -0.2) is 13.6 Å². The Labute approximate surface area is 213 Å². The van der Waals surface area contributed by atoms with Gasteiger partial charge in [0.15, 0.2) is 0 Å². The van der Waals surface area contributed by atoms with E-state index < -0.39 is 10.0 Å². The minimum atomic E-state index is -3.84. The number of ether oxygens (including phenoxy) is 2. The molecule has 1 fully saturated rings. The quantitative estimate of drug-likeness (QED) is 0.563. The molecule has 2 aliphatic carbocycles. The molecule has 0 radical (unpaired) electrons. The van der Waals surface area contributed by atoms with Crippen molar-refractivity contribution in [2.45, 2.75) is 48.5 Å². The maximum absolute atomic E-state index is 12.2. The number of primary sulfonamides is 1. The Bertz CT molecular complexity index is 1230. The molecule has 0 aromatic heterocycles. The van der Waals surface area contributed by atoms with Crippen molar-refractivity contribution in [2.24, 2.45) is 17.0 Å². The van der Waals surface area contributed by atoms with Crippen LogP contribution in [0.2, 0.25) is 5.02 Å². The van der Waals surface area contributed by atoms with Gasteiger partial charge in [0.05, 0.1) is 23.3 Å². The van der Waals surface area contributed by atoms with Crippen LogP contribution < -0.4 is 14.8 Å². The van der Waals surface area contributed by atoms with Crippen molar-refractivity contribution < 1.29 is 17.9 Å². The summed E-state index contributed by atoms with van der Waals surface area (Å²) in [6.07, 6.45) is 7.14. The maximum atomic E-state index is 12.2. The molecule has 1 spiro atoms. The van der Waals surface area contributed by atoms with Crippen LogP contribution >= 0.6 is 11.6 Å². The number of nitrogens with zero attached hydrogens (tertiary/aromatic N) is 1. The standard InChI is InChI=1S/C27H33ClN2O4S/c1-3-25(33-2)22-9-6-19(22)15-30-16-27(12-4-5-18-13-20(28)7-10-23(18)27)17-34-26-11-8-21(14-24(26)30)35(29,31)32/h3,7-8,10-11,13-14,19,22,25H,1,4-6,9,12,15-17H2,2H3,(H2,29,31,32)/t19-,22+,25?,27+/m0/s1. The van der Waals surface area contributed by atoms with Gasteiger partial charge in [0.1, 0.15) is 5.75 Å². The van der Waals surface area contributed by atoms with Crippen LogP contribution in [0.3, 0.4) is 0 Å². The van der Waals surface area contributed by atoms with Crippen molar-refractivity contribution in [3.8, 4) is 5.75 Å². The molecule has 1 heterocycles. The first kappa shape index (κ1) is 24.6. The Kier molecular flexibility index (Phi) is 6.64. The van der Waals surface area contributed by atoms with E-state index in [-0.39, 0.29) is 16.4 Å². The average molecular weight is 517 g/mol. The highest BCUT2D eigenvalue weighted by Gasteiger charge is 2.44. The summed E-state index contributed by atoms with van der Waals surface area (Å²) in [5.41, 5.74) is 3.13. The molecule has 1 aliphatic heterocycles. The number of nitrogens with two attached hydrogens (primary N) is 1. The molecule has 2 aromatic carbocycles. The molecule has 1 unspecified atom stereocenters. The van der Waals surface area contributed by atoms with E-state index in [2.05, 4.69) is 23.6 Å². The van der Waals surface area contributed by atoms with E-state index in [1.54, 1.807) is 19.2 Å². The Hall–Kier alpha value is -2.06. The zero-order valence-corrected chi connectivity index (χ0v) is 21.7. The fourth-order valence-electron chi connectivity index (χ4n) is 6.25. The number of sulfonamides is 1. The summed E-state index contributed by atoms with van der Waals surface area (Å²) in [5.74, 6) is 1.49. The summed E-state index contributed by atoms with van der Waals surface area (Å²) < 4.78 is 36.5. The predicted molar refractivity (Wildman–Crippen MR) is 139 cm³/mol. The van der Waals surface area contributed by atoms with Crippen molar-refractivity contribution in [3.05, 3.63) is 65.2 Å². The molecule has 0 bridgehead atoms. The van der Waals surface area contributed by atoms with Gasteiger partial charge < -0.3 is 14.4 Å². The Morgan fingerprint density at radius 1 is 1.31 bits per heavy atom. The monoisotopic (exact) mass is 516 g/mol. The summed E-state index contributed by atoms with van der Waals surface area (Å²) >= 11 is 6.34. The van der Waals surface area contributed by atoms with Crippen LogP contribution in [0.4, 0.5) is 5.69 Å². The Morgan fingerprint density at radius 3 is 2.83 bits per heavy atom. The summed E-state index contributed by atoms with van der Waals surface area (Å²) in [4.78, 5) is 2.43. The van der Waals surface area contributed by atoms with Gasteiger partial charge >= 0.3 is 0 Å². The summed E-state index contributed by atoms with van der Waals surface area (Å²) in [7, 11) is -2.11. The third kappa shape index (κ3) is 4.59. The first-order valence-corrected chi connectivity index (χ1v) is 14.2. The maximum Gasteiger partial charge on any atom is 0.238 e. The first-order chi connectivity index (χ1) is 16.7. The largest absolute Gasteiger partial charge is 0.490 e. The van der Waals surface area contributed by atoms with Crippen molar-refractivity contribution in [3.63, 3.8) is 0 Å². The number of aryl methyl sites for hydroxylation is 1. The molecule has 2 aromatic rings. The molecule has 35 heavy (non-hydrogen) atoms. The van der Waals surface area contributed by atoms with E-state index in [0.717, 1.165) is 55.9 Å². The highest BCUT2D eigenvalue weighted by Crippen LogP contribution is 2.47. The second-order valence-corrected chi connectivity index (χ2v) is 12.2. The van der Waals surface area contributed by atoms with Gasteiger partial charge in [-0.3, -0.25) is 0 Å². The minimum absolute atomic E-state index is 0.0127. The van der Waals surface area contributed by atoms with Crippen LogP contribution in [-0.4, -0.2) is 41.3 Å². The number of halogens is 1. The third-order valence-corrected chi connectivity index (χ3v) is 9.34. The smallest absolute Gasteiger partial charge is 0.238 e. The normalized spacial score (nSPS) is 26.7. The van der Waals surface area contributed by atoms with Gasteiger partial charge in [-0.15, -0.1) is 6.58 Å². The second kappa shape index (κ2) is 9.43. The highest BCUT2D eigenvalue weighted by molar-refractivity contribution is 7.89. The Morgan fingerprint density at radius 2 is 2.14 bits per heavy atom. The highest BCUT2D eigenvalue weighted by atomic mass is 35.5. The summed E-state index contributed by atoms with van der Waals surface area (Å²) in [6.45, 7) is 6.00. The number of methoxy groups -OCH3 is 1. The molecule has 5 rings (SSSR count). The molecular weight excluding hydrogens is 484 g/mol. The number of hydrogen-bond donors (Lipinski definition) is 1. The van der Waals surface area contributed by atoms with E-state index >= 15 is 0 Å². The van der Waals surface area contributed by atoms with Gasteiger partial charge in [-0.1, -0.05) is 23.7 Å². The molecule has 2 N–H and O–H groups in total. The van der Waals surface area contributed by atoms with Crippen LogP contribution in [0, 0.1) is 11.8 Å². The van der Waals surface area contributed by atoms with Crippen LogP contribution in [0.1, 0.15) is 36.8 Å². The number of hydrogen-bond acceptors (Lipinski definition) is 5. The van der Waals surface area contributed by atoms with Crippen LogP contribution in [-0.2, 0) is 26.6 Å². The zero-order chi connectivity index (χ0) is 24.8. The van der Waals surface area contributed by atoms with E-state index in [9.17, 15) is 8.42 Å². The fraction of sp³-hybridized carbons (Fsp3) is 0.481. The van der Waals surface area contributed by atoms with E-state index in [0.29, 0.717) is 24.2 Å². The van der Waals surface area contributed by atoms with Crippen molar-refractivity contribution in [1.82, 2.24) is 0 Å². The van der Waals surface area contributed by atoms with E-state index in [4.69, 9.17) is 26.2 Å².